The summed E-state index contributed by atoms with van der Waals surface area (Å²) in [6.45, 7) is 3.37. The zero-order chi connectivity index (χ0) is 10.0. The summed E-state index contributed by atoms with van der Waals surface area (Å²) in [5, 5.41) is 8.71. The van der Waals surface area contributed by atoms with Gasteiger partial charge < -0.3 is 10.1 Å². The van der Waals surface area contributed by atoms with Gasteiger partial charge in [0.15, 0.2) is 0 Å². The minimum Gasteiger partial charge on any atom is -0.477 e. The number of nitrogens with zero attached hydrogens (tertiary/aromatic N) is 1. The van der Waals surface area contributed by atoms with Crippen LogP contribution in [-0.4, -0.2) is 21.0 Å². The molecule has 0 saturated carbocycles. The van der Waals surface area contributed by atoms with Crippen molar-refractivity contribution >= 4 is 5.97 Å². The maximum atomic E-state index is 11.2. The fourth-order valence-electron chi connectivity index (χ4n) is 1.12. The predicted octanol–water partition coefficient (Wildman–Crippen LogP) is 0.339. The Balaban J connectivity index is 3.48. The molecule has 0 bridgehead atoms. The van der Waals surface area contributed by atoms with Gasteiger partial charge in [0.05, 0.1) is 5.69 Å². The second-order valence-corrected chi connectivity index (χ2v) is 2.63. The summed E-state index contributed by atoms with van der Waals surface area (Å²) in [5.41, 5.74) is -0.515. The third-order valence-corrected chi connectivity index (χ3v) is 1.66. The minimum absolute atomic E-state index is 0.256. The van der Waals surface area contributed by atoms with Crippen molar-refractivity contribution in [3.63, 3.8) is 0 Å². The molecule has 13 heavy (non-hydrogen) atoms. The number of hydrogen-bond donors (Lipinski definition) is 2. The Kier molecular flexibility index (Phi) is 2.46. The highest BCUT2D eigenvalue weighted by molar-refractivity contribution is 5.88. The topological polar surface area (TPSA) is 83.0 Å². The fraction of sp³-hybridized carbons (Fsp3) is 0.375. The van der Waals surface area contributed by atoms with Crippen molar-refractivity contribution < 1.29 is 9.90 Å². The molecule has 2 N–H and O–H groups in total. The largest absolute Gasteiger partial charge is 0.477 e. The van der Waals surface area contributed by atoms with Crippen molar-refractivity contribution in [1.82, 2.24) is 9.97 Å². The lowest BCUT2D eigenvalue weighted by Crippen LogP contribution is -2.22. The molecule has 0 aliphatic heterocycles. The molecule has 0 aliphatic rings. The molecule has 0 aromatic carbocycles. The number of aromatic carboxylic acids is 1. The SMILES string of the molecule is CCc1nc(C)[nH]c(=O)c1C(=O)O. The van der Waals surface area contributed by atoms with Crippen LogP contribution in [0.25, 0.3) is 0 Å². The van der Waals surface area contributed by atoms with E-state index in [0.29, 0.717) is 17.9 Å². The highest BCUT2D eigenvalue weighted by Crippen LogP contribution is 2.01. The molecule has 0 radical (unpaired) electrons. The van der Waals surface area contributed by atoms with Gasteiger partial charge in [-0.3, -0.25) is 4.79 Å². The smallest absolute Gasteiger partial charge is 0.343 e. The highest BCUT2D eigenvalue weighted by atomic mass is 16.4. The van der Waals surface area contributed by atoms with Gasteiger partial charge in [0.2, 0.25) is 0 Å². The molecule has 0 amide bonds. The molecule has 0 unspecified atom stereocenters. The van der Waals surface area contributed by atoms with Crippen molar-refractivity contribution in [1.29, 1.82) is 0 Å². The van der Waals surface area contributed by atoms with Crippen LogP contribution in [0.15, 0.2) is 4.79 Å². The van der Waals surface area contributed by atoms with E-state index in [0.717, 1.165) is 0 Å². The molecular weight excluding hydrogens is 172 g/mol. The Morgan fingerprint density at radius 3 is 2.69 bits per heavy atom. The van der Waals surface area contributed by atoms with Crippen LogP contribution in [0.1, 0.15) is 28.8 Å². The van der Waals surface area contributed by atoms with Gasteiger partial charge in [-0.2, -0.15) is 0 Å². The van der Waals surface area contributed by atoms with Gasteiger partial charge in [0.1, 0.15) is 11.4 Å². The second kappa shape index (κ2) is 3.38. The molecule has 0 atom stereocenters. The maximum Gasteiger partial charge on any atom is 0.343 e. The molecular formula is C8H10N2O3. The molecule has 0 spiro atoms. The van der Waals surface area contributed by atoms with Gasteiger partial charge >= 0.3 is 5.97 Å². The number of rotatable bonds is 2. The van der Waals surface area contributed by atoms with E-state index < -0.39 is 11.5 Å². The maximum absolute atomic E-state index is 11.2. The van der Waals surface area contributed by atoms with Crippen LogP contribution in [0.4, 0.5) is 0 Å². The highest BCUT2D eigenvalue weighted by Gasteiger charge is 2.15. The lowest BCUT2D eigenvalue weighted by atomic mass is 10.2. The normalized spacial score (nSPS) is 10.0. The zero-order valence-electron chi connectivity index (χ0n) is 7.42. The Bertz CT molecular complexity index is 395. The van der Waals surface area contributed by atoms with Gasteiger partial charge in [-0.25, -0.2) is 9.78 Å². The van der Waals surface area contributed by atoms with E-state index >= 15 is 0 Å². The number of carbonyl (C=O) groups is 1. The van der Waals surface area contributed by atoms with Crippen LogP contribution in [0, 0.1) is 6.92 Å². The summed E-state index contributed by atoms with van der Waals surface area (Å²) in [6.07, 6.45) is 0.437. The molecule has 5 heteroatoms. The van der Waals surface area contributed by atoms with Crippen LogP contribution in [0.3, 0.4) is 0 Å². The number of aromatic nitrogens is 2. The van der Waals surface area contributed by atoms with E-state index in [4.69, 9.17) is 5.11 Å². The number of hydrogen-bond acceptors (Lipinski definition) is 3. The Labute approximate surface area is 74.4 Å². The molecule has 1 rings (SSSR count). The number of nitrogens with one attached hydrogen (secondary N) is 1. The Morgan fingerprint density at radius 1 is 1.62 bits per heavy atom. The molecule has 1 aromatic rings. The van der Waals surface area contributed by atoms with Gasteiger partial charge in [-0.15, -0.1) is 0 Å². The predicted molar refractivity (Wildman–Crippen MR) is 45.9 cm³/mol. The molecule has 0 fully saturated rings. The first-order valence-corrected chi connectivity index (χ1v) is 3.89. The molecule has 1 heterocycles. The summed E-state index contributed by atoms with van der Waals surface area (Å²) < 4.78 is 0. The van der Waals surface area contributed by atoms with Gasteiger partial charge in [0.25, 0.3) is 5.56 Å². The van der Waals surface area contributed by atoms with Crippen molar-refractivity contribution in [2.45, 2.75) is 20.3 Å². The molecule has 5 nitrogen and oxygen atoms in total. The zero-order valence-corrected chi connectivity index (χ0v) is 7.42. The summed E-state index contributed by atoms with van der Waals surface area (Å²) in [5.74, 6) is -0.794. The van der Waals surface area contributed by atoms with E-state index in [1.54, 1.807) is 13.8 Å². The van der Waals surface area contributed by atoms with E-state index in [1.165, 1.54) is 0 Å². The third-order valence-electron chi connectivity index (χ3n) is 1.66. The average Bonchev–Trinajstić information content (AvgIpc) is 2.01. The van der Waals surface area contributed by atoms with Gasteiger partial charge in [0, 0.05) is 0 Å². The number of H-pyrrole nitrogens is 1. The van der Waals surface area contributed by atoms with E-state index in [2.05, 4.69) is 9.97 Å². The first kappa shape index (κ1) is 9.44. The van der Waals surface area contributed by atoms with Gasteiger partial charge in [-0.05, 0) is 13.3 Å². The van der Waals surface area contributed by atoms with E-state index in [9.17, 15) is 9.59 Å². The lowest BCUT2D eigenvalue weighted by molar-refractivity contribution is 0.0693. The molecule has 0 saturated heterocycles. The van der Waals surface area contributed by atoms with Crippen LogP contribution < -0.4 is 5.56 Å². The quantitative estimate of drug-likeness (QED) is 0.690. The Morgan fingerprint density at radius 2 is 2.23 bits per heavy atom. The average molecular weight is 182 g/mol. The minimum atomic E-state index is -1.23. The number of carboxylic acids is 1. The molecule has 0 aliphatic carbocycles. The summed E-state index contributed by atoms with van der Waals surface area (Å²) in [6, 6.07) is 0. The van der Waals surface area contributed by atoms with E-state index in [-0.39, 0.29) is 5.56 Å². The summed E-state index contributed by atoms with van der Waals surface area (Å²) in [7, 11) is 0. The number of aryl methyl sites for hydroxylation is 2. The van der Waals surface area contributed by atoms with Gasteiger partial charge in [-0.1, -0.05) is 6.92 Å². The Hall–Kier alpha value is -1.65. The number of aromatic amines is 1. The second-order valence-electron chi connectivity index (χ2n) is 2.63. The van der Waals surface area contributed by atoms with Crippen LogP contribution >= 0.6 is 0 Å². The molecule has 1 aromatic heterocycles. The van der Waals surface area contributed by atoms with Crippen LogP contribution in [-0.2, 0) is 6.42 Å². The summed E-state index contributed by atoms with van der Waals surface area (Å²) in [4.78, 5) is 28.1. The standard InChI is InChI=1S/C8H10N2O3/c1-3-5-6(8(12)13)7(11)10-4(2)9-5/h3H2,1-2H3,(H,12,13)(H,9,10,11). The third kappa shape index (κ3) is 1.74. The van der Waals surface area contributed by atoms with Crippen LogP contribution in [0.2, 0.25) is 0 Å². The number of carboxylic acid groups (broad SMARTS) is 1. The van der Waals surface area contributed by atoms with Crippen LogP contribution in [0.5, 0.6) is 0 Å². The van der Waals surface area contributed by atoms with E-state index in [1.807, 2.05) is 0 Å². The van der Waals surface area contributed by atoms with Crippen molar-refractivity contribution in [2.75, 3.05) is 0 Å². The summed E-state index contributed by atoms with van der Waals surface area (Å²) >= 11 is 0. The monoisotopic (exact) mass is 182 g/mol. The van der Waals surface area contributed by atoms with Crippen molar-refractivity contribution in [2.24, 2.45) is 0 Å². The van der Waals surface area contributed by atoms with Crippen molar-refractivity contribution in [3.05, 3.63) is 27.4 Å². The first-order valence-electron chi connectivity index (χ1n) is 3.89. The lowest BCUT2D eigenvalue weighted by Gasteiger charge is -2.01. The fourth-order valence-corrected chi connectivity index (χ4v) is 1.12. The van der Waals surface area contributed by atoms with Crippen molar-refractivity contribution in [3.8, 4) is 0 Å². The molecule has 70 valence electrons. The first-order chi connectivity index (χ1) is 6.06.